The van der Waals surface area contributed by atoms with E-state index in [0.29, 0.717) is 30.8 Å². The Kier molecular flexibility index (Phi) is 8.00. The van der Waals surface area contributed by atoms with Crippen molar-refractivity contribution in [2.45, 2.75) is 84.3 Å². The summed E-state index contributed by atoms with van der Waals surface area (Å²) in [4.78, 5) is 48.0. The van der Waals surface area contributed by atoms with Crippen LogP contribution in [-0.4, -0.2) is 60.4 Å². The maximum absolute atomic E-state index is 12.9. The Morgan fingerprint density at radius 3 is 2.22 bits per heavy atom. The first-order valence-corrected chi connectivity index (χ1v) is 12.6. The van der Waals surface area contributed by atoms with Crippen LogP contribution in [0.2, 0.25) is 0 Å². The lowest BCUT2D eigenvalue weighted by Crippen LogP contribution is -2.45. The molecule has 1 aliphatic rings. The van der Waals surface area contributed by atoms with Crippen LogP contribution in [0.3, 0.4) is 0 Å². The first-order valence-electron chi connectivity index (χ1n) is 12.6. The number of ether oxygens (including phenoxy) is 2. The molecule has 1 saturated carbocycles. The van der Waals surface area contributed by atoms with E-state index >= 15 is 0 Å². The molecule has 1 N–H and O–H groups in total. The smallest absolute Gasteiger partial charge is 0.419 e. The number of nitrogens with zero attached hydrogens (tertiary/aromatic N) is 4. The van der Waals surface area contributed by atoms with Crippen molar-refractivity contribution in [2.24, 2.45) is 11.8 Å². The van der Waals surface area contributed by atoms with Gasteiger partial charge in [-0.05, 0) is 78.4 Å². The van der Waals surface area contributed by atoms with Crippen LogP contribution in [-0.2, 0) is 19.7 Å². The van der Waals surface area contributed by atoms with Crippen LogP contribution in [0.4, 0.5) is 9.59 Å². The van der Waals surface area contributed by atoms with Crippen LogP contribution in [0.15, 0.2) is 36.9 Å². The first kappa shape index (κ1) is 28.1. The maximum Gasteiger partial charge on any atom is 0.419 e. The lowest BCUT2D eigenvalue weighted by Gasteiger charge is -2.30. The van der Waals surface area contributed by atoms with Crippen LogP contribution in [0.5, 0.6) is 0 Å². The molecule has 1 fully saturated rings. The molecule has 10 nitrogen and oxygen atoms in total. The predicted molar refractivity (Wildman–Crippen MR) is 136 cm³/mol. The highest BCUT2D eigenvalue weighted by Crippen LogP contribution is 2.57. The summed E-state index contributed by atoms with van der Waals surface area (Å²) in [5.74, 6) is -0.629. The van der Waals surface area contributed by atoms with Crippen LogP contribution >= 0.6 is 0 Å². The molecular formula is C27H38N4O6. The van der Waals surface area contributed by atoms with Gasteiger partial charge in [0, 0.05) is 18.9 Å². The number of hydrogen-bond acceptors (Lipinski definition) is 7. The van der Waals surface area contributed by atoms with Gasteiger partial charge in [0.1, 0.15) is 28.8 Å². The number of rotatable bonds is 8. The van der Waals surface area contributed by atoms with E-state index in [0.717, 1.165) is 4.90 Å². The van der Waals surface area contributed by atoms with Gasteiger partial charge in [-0.3, -0.25) is 9.36 Å². The van der Waals surface area contributed by atoms with E-state index < -0.39 is 34.8 Å². The number of amides is 2. The molecule has 0 bridgehead atoms. The van der Waals surface area contributed by atoms with Crippen molar-refractivity contribution >= 4 is 18.2 Å². The molecule has 0 spiro atoms. The molecule has 0 radical (unpaired) electrons. The topological polar surface area (TPSA) is 124 Å². The van der Waals surface area contributed by atoms with Gasteiger partial charge in [-0.15, -0.1) is 0 Å². The van der Waals surface area contributed by atoms with Gasteiger partial charge in [0.15, 0.2) is 0 Å². The van der Waals surface area contributed by atoms with Crippen LogP contribution in [0.1, 0.15) is 73.4 Å². The Balaban J connectivity index is 1.78. The fourth-order valence-electron chi connectivity index (χ4n) is 4.37. The Labute approximate surface area is 218 Å². The molecule has 0 aromatic carbocycles. The van der Waals surface area contributed by atoms with Crippen molar-refractivity contribution in [1.82, 2.24) is 19.4 Å². The van der Waals surface area contributed by atoms with Gasteiger partial charge in [0.25, 0.3) is 0 Å². The summed E-state index contributed by atoms with van der Waals surface area (Å²) < 4.78 is 12.6. The van der Waals surface area contributed by atoms with E-state index in [1.165, 1.54) is 0 Å². The van der Waals surface area contributed by atoms with Gasteiger partial charge in [0.05, 0.1) is 5.69 Å². The van der Waals surface area contributed by atoms with Crippen molar-refractivity contribution in [1.29, 1.82) is 0 Å². The predicted octanol–water partition coefficient (Wildman–Crippen LogP) is 5.20. The molecular weight excluding hydrogens is 476 g/mol. The second kappa shape index (κ2) is 10.5. The average Bonchev–Trinajstić information content (AvgIpc) is 3.29. The second-order valence-electron chi connectivity index (χ2n) is 11.6. The van der Waals surface area contributed by atoms with Crippen LogP contribution in [0, 0.1) is 11.8 Å². The standard InChI is InChI=1S/C27H38N4O6/c1-8-18(15-31(23(34)36-25(2,3)4)24(35)37-26(5,6)7)13-19-14-27(19,22(32)33)20-16-30(17-29-20)21-11-9-10-12-28-21/h9-12,16-19H,8,13-15H2,1-7H3,(H,32,33)/t18-,19-,27+/m0/s1. The summed E-state index contributed by atoms with van der Waals surface area (Å²) in [5, 5.41) is 10.2. The van der Waals surface area contributed by atoms with E-state index in [4.69, 9.17) is 9.47 Å². The number of carboxylic acids is 1. The third kappa shape index (κ3) is 6.87. The van der Waals surface area contributed by atoms with Crippen molar-refractivity contribution in [3.05, 3.63) is 42.6 Å². The summed E-state index contributed by atoms with van der Waals surface area (Å²) in [7, 11) is 0. The second-order valence-corrected chi connectivity index (χ2v) is 11.6. The molecule has 3 atom stereocenters. The number of carbonyl (C=O) groups excluding carboxylic acids is 2. The molecule has 2 aromatic heterocycles. The molecule has 2 amide bonds. The number of imidazole rings is 1. The van der Waals surface area contributed by atoms with Crippen molar-refractivity contribution in [2.75, 3.05) is 6.54 Å². The fourth-order valence-corrected chi connectivity index (χ4v) is 4.37. The maximum atomic E-state index is 12.9. The third-order valence-corrected chi connectivity index (χ3v) is 6.30. The normalized spacial score (nSPS) is 20.1. The Morgan fingerprint density at radius 1 is 1.11 bits per heavy atom. The van der Waals surface area contributed by atoms with Crippen LogP contribution < -0.4 is 0 Å². The molecule has 2 heterocycles. The number of carbonyl (C=O) groups is 3. The number of aliphatic carboxylic acids is 1. The molecule has 2 aromatic rings. The molecule has 3 rings (SSSR count). The van der Waals surface area contributed by atoms with Gasteiger partial charge >= 0.3 is 18.2 Å². The number of aromatic nitrogens is 3. The van der Waals surface area contributed by atoms with Gasteiger partial charge in [-0.1, -0.05) is 19.4 Å². The summed E-state index contributed by atoms with van der Waals surface area (Å²) in [6.07, 6.45) is 4.95. The first-order chi connectivity index (χ1) is 17.2. The van der Waals surface area contributed by atoms with Crippen molar-refractivity contribution in [3.63, 3.8) is 0 Å². The van der Waals surface area contributed by atoms with Crippen molar-refractivity contribution < 1.29 is 29.0 Å². The molecule has 0 unspecified atom stereocenters. The monoisotopic (exact) mass is 514 g/mol. The van der Waals surface area contributed by atoms with E-state index in [-0.39, 0.29) is 18.4 Å². The highest BCUT2D eigenvalue weighted by molar-refractivity contribution is 5.88. The summed E-state index contributed by atoms with van der Waals surface area (Å²) in [6, 6.07) is 5.47. The highest BCUT2D eigenvalue weighted by atomic mass is 16.6. The van der Waals surface area contributed by atoms with E-state index in [1.54, 1.807) is 70.9 Å². The molecule has 0 saturated heterocycles. The largest absolute Gasteiger partial charge is 0.481 e. The quantitative estimate of drug-likeness (QED) is 0.510. The molecule has 202 valence electrons. The Bertz CT molecular complexity index is 1090. The van der Waals surface area contributed by atoms with Gasteiger partial charge in [0.2, 0.25) is 0 Å². The van der Waals surface area contributed by atoms with E-state index in [2.05, 4.69) is 9.97 Å². The number of pyridine rings is 1. The minimum atomic E-state index is -1.11. The zero-order valence-corrected chi connectivity index (χ0v) is 22.7. The molecule has 10 heteroatoms. The minimum absolute atomic E-state index is 0.0644. The molecule has 0 aliphatic heterocycles. The number of carboxylic acid groups (broad SMARTS) is 1. The number of hydrogen-bond donors (Lipinski definition) is 1. The lowest BCUT2D eigenvalue weighted by atomic mass is 9.92. The lowest BCUT2D eigenvalue weighted by molar-refractivity contribution is -0.140. The number of imide groups is 1. The van der Waals surface area contributed by atoms with Crippen LogP contribution in [0.25, 0.3) is 5.82 Å². The van der Waals surface area contributed by atoms with E-state index in [1.807, 2.05) is 19.1 Å². The van der Waals surface area contributed by atoms with Gasteiger partial charge < -0.3 is 14.6 Å². The zero-order valence-electron chi connectivity index (χ0n) is 22.7. The Morgan fingerprint density at radius 2 is 1.73 bits per heavy atom. The van der Waals surface area contributed by atoms with Crippen molar-refractivity contribution in [3.8, 4) is 5.82 Å². The Hall–Kier alpha value is -3.43. The highest BCUT2D eigenvalue weighted by Gasteiger charge is 2.63. The minimum Gasteiger partial charge on any atom is -0.481 e. The summed E-state index contributed by atoms with van der Waals surface area (Å²) >= 11 is 0. The van der Waals surface area contributed by atoms with Gasteiger partial charge in [-0.2, -0.15) is 0 Å². The average molecular weight is 515 g/mol. The summed E-state index contributed by atoms with van der Waals surface area (Å²) in [6.45, 7) is 12.4. The zero-order chi connectivity index (χ0) is 27.6. The van der Waals surface area contributed by atoms with Gasteiger partial charge in [-0.25, -0.2) is 24.5 Å². The molecule has 1 aliphatic carbocycles. The summed E-state index contributed by atoms with van der Waals surface area (Å²) in [5.41, 5.74) is -2.22. The third-order valence-electron chi connectivity index (χ3n) is 6.30. The SMILES string of the molecule is CC[C@@H](C[C@H]1C[C@]1(C(=O)O)c1cn(-c2ccccn2)cn1)CN(C(=O)OC(C)(C)C)C(=O)OC(C)(C)C. The fraction of sp³-hybridized carbons (Fsp3) is 0.593. The molecule has 37 heavy (non-hydrogen) atoms. The van der Waals surface area contributed by atoms with E-state index in [9.17, 15) is 19.5 Å².